The summed E-state index contributed by atoms with van der Waals surface area (Å²) in [6.45, 7) is 0. The predicted molar refractivity (Wildman–Crippen MR) is 77.7 cm³/mol. The SMILES string of the molecule is N#Cc1ccc(C=NNC(=O)c2cccc(Cl)c2)cc1. The molecule has 2 aromatic rings. The van der Waals surface area contributed by atoms with Gasteiger partial charge in [0.05, 0.1) is 17.8 Å². The lowest BCUT2D eigenvalue weighted by atomic mass is 10.2. The van der Waals surface area contributed by atoms with Crippen LogP contribution in [-0.2, 0) is 0 Å². The van der Waals surface area contributed by atoms with E-state index in [1.165, 1.54) is 6.21 Å². The smallest absolute Gasteiger partial charge is 0.267 e. The maximum absolute atomic E-state index is 11.8. The molecule has 0 radical (unpaired) electrons. The van der Waals surface area contributed by atoms with Gasteiger partial charge < -0.3 is 0 Å². The number of nitrogens with zero attached hydrogens (tertiary/aromatic N) is 2. The van der Waals surface area contributed by atoms with E-state index in [-0.39, 0.29) is 5.91 Å². The quantitative estimate of drug-likeness (QED) is 0.695. The number of amides is 1. The Morgan fingerprint density at radius 2 is 2.00 bits per heavy atom. The summed E-state index contributed by atoms with van der Waals surface area (Å²) in [6.07, 6.45) is 1.50. The highest BCUT2D eigenvalue weighted by Crippen LogP contribution is 2.10. The van der Waals surface area contributed by atoms with Crippen LogP contribution in [0.4, 0.5) is 0 Å². The number of nitriles is 1. The molecule has 0 atom stereocenters. The molecule has 0 fully saturated rings. The monoisotopic (exact) mass is 283 g/mol. The number of nitrogens with one attached hydrogen (secondary N) is 1. The zero-order chi connectivity index (χ0) is 14.4. The zero-order valence-electron chi connectivity index (χ0n) is 10.4. The second kappa shape index (κ2) is 6.50. The van der Waals surface area contributed by atoms with Crippen LogP contribution in [0.25, 0.3) is 0 Å². The van der Waals surface area contributed by atoms with Crippen LogP contribution in [0, 0.1) is 11.3 Å². The van der Waals surface area contributed by atoms with Gasteiger partial charge in [0, 0.05) is 10.6 Å². The van der Waals surface area contributed by atoms with Crippen LogP contribution in [0.1, 0.15) is 21.5 Å². The molecule has 0 aliphatic carbocycles. The van der Waals surface area contributed by atoms with Crippen LogP contribution in [0.15, 0.2) is 53.6 Å². The summed E-state index contributed by atoms with van der Waals surface area (Å²) in [5.41, 5.74) is 4.21. The molecule has 1 N–H and O–H groups in total. The van der Waals surface area contributed by atoms with Crippen molar-refractivity contribution in [3.8, 4) is 6.07 Å². The molecule has 2 aromatic carbocycles. The number of halogens is 1. The number of benzene rings is 2. The summed E-state index contributed by atoms with van der Waals surface area (Å²) < 4.78 is 0. The van der Waals surface area contributed by atoms with Gasteiger partial charge in [-0.1, -0.05) is 29.8 Å². The highest BCUT2D eigenvalue weighted by molar-refractivity contribution is 6.30. The molecule has 0 unspecified atom stereocenters. The average molecular weight is 284 g/mol. The second-order valence-corrected chi connectivity index (χ2v) is 4.38. The Balaban J connectivity index is 1.99. The number of hydrazone groups is 1. The van der Waals surface area contributed by atoms with Crippen molar-refractivity contribution in [2.75, 3.05) is 0 Å². The molecule has 0 heterocycles. The summed E-state index contributed by atoms with van der Waals surface area (Å²) in [7, 11) is 0. The molecule has 0 aliphatic heterocycles. The van der Waals surface area contributed by atoms with Gasteiger partial charge >= 0.3 is 0 Å². The number of carbonyl (C=O) groups is 1. The van der Waals surface area contributed by atoms with Crippen molar-refractivity contribution >= 4 is 23.7 Å². The molecule has 20 heavy (non-hydrogen) atoms. The minimum absolute atomic E-state index is 0.336. The van der Waals surface area contributed by atoms with Crippen LogP contribution < -0.4 is 5.43 Å². The van der Waals surface area contributed by atoms with Gasteiger partial charge in [-0.25, -0.2) is 5.43 Å². The summed E-state index contributed by atoms with van der Waals surface area (Å²) in [5, 5.41) is 13.0. The van der Waals surface area contributed by atoms with Gasteiger partial charge in [-0.05, 0) is 35.9 Å². The summed E-state index contributed by atoms with van der Waals surface area (Å²) in [5.74, 6) is -0.336. The van der Waals surface area contributed by atoms with Crippen molar-refractivity contribution < 1.29 is 4.79 Å². The van der Waals surface area contributed by atoms with E-state index in [1.54, 1.807) is 48.5 Å². The summed E-state index contributed by atoms with van der Waals surface area (Å²) in [6, 6.07) is 15.5. The number of carbonyl (C=O) groups excluding carboxylic acids is 1. The molecule has 0 aliphatic rings. The highest BCUT2D eigenvalue weighted by Gasteiger charge is 2.03. The van der Waals surface area contributed by atoms with Crippen LogP contribution in [-0.4, -0.2) is 12.1 Å². The molecule has 98 valence electrons. The van der Waals surface area contributed by atoms with Crippen molar-refractivity contribution in [2.45, 2.75) is 0 Å². The maximum atomic E-state index is 11.8. The van der Waals surface area contributed by atoms with Crippen LogP contribution in [0.2, 0.25) is 5.02 Å². The number of hydrogen-bond acceptors (Lipinski definition) is 3. The van der Waals surface area contributed by atoms with Crippen LogP contribution in [0.3, 0.4) is 0 Å². The molecule has 5 heteroatoms. The van der Waals surface area contributed by atoms with E-state index in [0.29, 0.717) is 16.1 Å². The molecule has 0 spiro atoms. The van der Waals surface area contributed by atoms with E-state index in [1.807, 2.05) is 6.07 Å². The maximum Gasteiger partial charge on any atom is 0.271 e. The Kier molecular flexibility index (Phi) is 4.48. The Labute approximate surface area is 121 Å². The third-order valence-corrected chi connectivity index (χ3v) is 2.74. The van der Waals surface area contributed by atoms with Gasteiger partial charge in [-0.2, -0.15) is 10.4 Å². The second-order valence-electron chi connectivity index (χ2n) is 3.94. The third-order valence-electron chi connectivity index (χ3n) is 2.51. The first-order chi connectivity index (χ1) is 9.69. The fourth-order valence-corrected chi connectivity index (χ4v) is 1.69. The third kappa shape index (κ3) is 3.67. The lowest BCUT2D eigenvalue weighted by molar-refractivity contribution is 0.0955. The van der Waals surface area contributed by atoms with Crippen molar-refractivity contribution in [2.24, 2.45) is 5.10 Å². The molecule has 0 saturated heterocycles. The predicted octanol–water partition coefficient (Wildman–Crippen LogP) is 2.98. The molecular weight excluding hydrogens is 274 g/mol. The van der Waals surface area contributed by atoms with Crippen molar-refractivity contribution in [1.29, 1.82) is 5.26 Å². The van der Waals surface area contributed by atoms with Crippen LogP contribution >= 0.6 is 11.6 Å². The molecule has 2 rings (SSSR count). The zero-order valence-corrected chi connectivity index (χ0v) is 11.1. The van der Waals surface area contributed by atoms with Gasteiger partial charge in [0.15, 0.2) is 0 Å². The normalized spacial score (nSPS) is 10.2. The van der Waals surface area contributed by atoms with Crippen molar-refractivity contribution in [3.05, 3.63) is 70.2 Å². The van der Waals surface area contributed by atoms with Gasteiger partial charge in [0.2, 0.25) is 0 Å². The Morgan fingerprint density at radius 1 is 1.25 bits per heavy atom. The average Bonchev–Trinajstić information content (AvgIpc) is 2.48. The van der Waals surface area contributed by atoms with E-state index < -0.39 is 0 Å². The molecule has 4 nitrogen and oxygen atoms in total. The first kappa shape index (κ1) is 13.8. The van der Waals surface area contributed by atoms with Gasteiger partial charge in [-0.15, -0.1) is 0 Å². The minimum Gasteiger partial charge on any atom is -0.267 e. The van der Waals surface area contributed by atoms with E-state index in [0.717, 1.165) is 5.56 Å². The van der Waals surface area contributed by atoms with Crippen LogP contribution in [0.5, 0.6) is 0 Å². The molecule has 1 amide bonds. The molecule has 0 bridgehead atoms. The summed E-state index contributed by atoms with van der Waals surface area (Å²) >= 11 is 5.80. The van der Waals surface area contributed by atoms with E-state index >= 15 is 0 Å². The molecule has 0 aromatic heterocycles. The Bertz CT molecular complexity index is 687. The molecule has 0 saturated carbocycles. The van der Waals surface area contributed by atoms with E-state index in [2.05, 4.69) is 10.5 Å². The first-order valence-corrected chi connectivity index (χ1v) is 6.16. The van der Waals surface area contributed by atoms with Crippen molar-refractivity contribution in [3.63, 3.8) is 0 Å². The minimum atomic E-state index is -0.336. The largest absolute Gasteiger partial charge is 0.271 e. The summed E-state index contributed by atoms with van der Waals surface area (Å²) in [4.78, 5) is 11.8. The fraction of sp³-hybridized carbons (Fsp3) is 0. The van der Waals surface area contributed by atoms with E-state index in [9.17, 15) is 4.79 Å². The number of rotatable bonds is 3. The first-order valence-electron chi connectivity index (χ1n) is 5.78. The fourth-order valence-electron chi connectivity index (χ4n) is 1.50. The topological polar surface area (TPSA) is 65.2 Å². The lowest BCUT2D eigenvalue weighted by Gasteiger charge is -2.00. The standard InChI is InChI=1S/C15H10ClN3O/c16-14-3-1-2-13(8-14)15(20)19-18-10-12-6-4-11(9-17)5-7-12/h1-8,10H,(H,19,20). The van der Waals surface area contributed by atoms with E-state index in [4.69, 9.17) is 16.9 Å². The van der Waals surface area contributed by atoms with Gasteiger partial charge in [0.25, 0.3) is 5.91 Å². The number of hydrogen-bond donors (Lipinski definition) is 1. The lowest BCUT2D eigenvalue weighted by Crippen LogP contribution is -2.17. The van der Waals surface area contributed by atoms with Crippen molar-refractivity contribution in [1.82, 2.24) is 5.43 Å². The highest BCUT2D eigenvalue weighted by atomic mass is 35.5. The molecular formula is C15H10ClN3O. The van der Waals surface area contributed by atoms with Gasteiger partial charge in [0.1, 0.15) is 0 Å². The Morgan fingerprint density at radius 3 is 2.65 bits per heavy atom. The van der Waals surface area contributed by atoms with Gasteiger partial charge in [-0.3, -0.25) is 4.79 Å². The Hall–Kier alpha value is -2.64.